The van der Waals surface area contributed by atoms with E-state index < -0.39 is 0 Å². The predicted octanol–water partition coefficient (Wildman–Crippen LogP) is 0.746. The van der Waals surface area contributed by atoms with Crippen LogP contribution in [0.2, 0.25) is 0 Å². The van der Waals surface area contributed by atoms with Crippen LogP contribution < -0.4 is 5.73 Å². The molecule has 0 spiro atoms. The molecule has 3 fully saturated rings. The predicted molar refractivity (Wildman–Crippen MR) is 65.9 cm³/mol. The van der Waals surface area contributed by atoms with Gasteiger partial charge in [0.25, 0.3) is 0 Å². The summed E-state index contributed by atoms with van der Waals surface area (Å²) in [5.41, 5.74) is 5.66. The average Bonchev–Trinajstić information content (AvgIpc) is 2.97. The Morgan fingerprint density at radius 1 is 1.12 bits per heavy atom. The molecule has 3 rings (SSSR count). The van der Waals surface area contributed by atoms with Crippen LogP contribution in [0.5, 0.6) is 0 Å². The Balaban J connectivity index is 1.54. The van der Waals surface area contributed by atoms with Gasteiger partial charge in [0.1, 0.15) is 0 Å². The molecule has 0 aromatic rings. The molecule has 98 valence electrons. The second-order valence-electron chi connectivity index (χ2n) is 5.60. The summed E-state index contributed by atoms with van der Waals surface area (Å²) in [6.07, 6.45) is 7.40. The third-order valence-electron chi connectivity index (χ3n) is 4.49. The first kappa shape index (κ1) is 11.9. The van der Waals surface area contributed by atoms with Gasteiger partial charge in [0.05, 0.1) is 24.9 Å². The maximum atomic E-state index is 5.95. The largest absolute Gasteiger partial charge is 0.375 e. The Bertz CT molecular complexity index is 262. The third-order valence-corrected chi connectivity index (χ3v) is 4.49. The molecular weight excluding hydrogens is 216 g/mol. The number of rotatable bonds is 3. The number of nitrogens with zero attached hydrogens (tertiary/aromatic N) is 1. The van der Waals surface area contributed by atoms with Crippen molar-refractivity contribution in [2.75, 3.05) is 26.2 Å². The summed E-state index contributed by atoms with van der Waals surface area (Å²) in [7, 11) is 0. The Morgan fingerprint density at radius 2 is 2.00 bits per heavy atom. The van der Waals surface area contributed by atoms with Crippen molar-refractivity contribution in [1.82, 2.24) is 4.90 Å². The van der Waals surface area contributed by atoms with E-state index in [1.807, 2.05) is 0 Å². The number of hydrogen-bond acceptors (Lipinski definition) is 4. The standard InChI is InChI=1S/C13H24N2O2/c14-8-10-4-5-11(17-10)9-15-6-7-16-13-3-1-2-12(13)15/h10-13H,1-9,14H2. The highest BCUT2D eigenvalue weighted by Crippen LogP contribution is 2.31. The Labute approximate surface area is 103 Å². The summed E-state index contributed by atoms with van der Waals surface area (Å²) in [6.45, 7) is 3.73. The van der Waals surface area contributed by atoms with Gasteiger partial charge in [0.2, 0.25) is 0 Å². The van der Waals surface area contributed by atoms with Crippen LogP contribution in [0.4, 0.5) is 0 Å². The van der Waals surface area contributed by atoms with E-state index in [4.69, 9.17) is 15.2 Å². The van der Waals surface area contributed by atoms with Crippen molar-refractivity contribution >= 4 is 0 Å². The van der Waals surface area contributed by atoms with E-state index in [9.17, 15) is 0 Å². The van der Waals surface area contributed by atoms with E-state index >= 15 is 0 Å². The highest BCUT2D eigenvalue weighted by Gasteiger charge is 2.37. The highest BCUT2D eigenvalue weighted by molar-refractivity contribution is 4.91. The summed E-state index contributed by atoms with van der Waals surface area (Å²) < 4.78 is 11.8. The summed E-state index contributed by atoms with van der Waals surface area (Å²) in [5, 5.41) is 0. The molecule has 0 bridgehead atoms. The zero-order valence-corrected chi connectivity index (χ0v) is 10.5. The number of hydrogen-bond donors (Lipinski definition) is 1. The monoisotopic (exact) mass is 240 g/mol. The SMILES string of the molecule is NCC1CCC(CN2CCOC3CCCC32)O1. The first-order chi connectivity index (χ1) is 8.36. The lowest BCUT2D eigenvalue weighted by molar-refractivity contribution is -0.0735. The number of ether oxygens (including phenoxy) is 2. The minimum atomic E-state index is 0.306. The Morgan fingerprint density at radius 3 is 2.82 bits per heavy atom. The second kappa shape index (κ2) is 5.22. The smallest absolute Gasteiger partial charge is 0.0730 e. The molecule has 4 unspecified atom stereocenters. The average molecular weight is 240 g/mol. The van der Waals surface area contributed by atoms with E-state index in [-0.39, 0.29) is 0 Å². The minimum Gasteiger partial charge on any atom is -0.375 e. The molecule has 0 aromatic carbocycles. The maximum absolute atomic E-state index is 5.95. The van der Waals surface area contributed by atoms with Gasteiger partial charge in [-0.2, -0.15) is 0 Å². The zero-order chi connectivity index (χ0) is 11.7. The van der Waals surface area contributed by atoms with Gasteiger partial charge < -0.3 is 15.2 Å². The summed E-state index contributed by atoms with van der Waals surface area (Å²) >= 11 is 0. The summed E-state index contributed by atoms with van der Waals surface area (Å²) in [6, 6.07) is 0.657. The van der Waals surface area contributed by atoms with Crippen molar-refractivity contribution in [3.05, 3.63) is 0 Å². The molecule has 3 aliphatic rings. The molecule has 4 heteroatoms. The summed E-state index contributed by atoms with van der Waals surface area (Å²) in [5.74, 6) is 0. The molecule has 1 aliphatic carbocycles. The minimum absolute atomic E-state index is 0.306. The maximum Gasteiger partial charge on any atom is 0.0730 e. The van der Waals surface area contributed by atoms with Crippen LogP contribution in [0.1, 0.15) is 32.1 Å². The Hall–Kier alpha value is -0.160. The van der Waals surface area contributed by atoms with Gasteiger partial charge in [-0.05, 0) is 32.1 Å². The fraction of sp³-hybridized carbons (Fsp3) is 1.00. The van der Waals surface area contributed by atoms with E-state index in [0.717, 1.165) is 26.1 Å². The van der Waals surface area contributed by atoms with Crippen LogP contribution in [0.3, 0.4) is 0 Å². The van der Waals surface area contributed by atoms with Crippen LogP contribution in [0.15, 0.2) is 0 Å². The molecule has 1 saturated carbocycles. The van der Waals surface area contributed by atoms with Crippen molar-refractivity contribution < 1.29 is 9.47 Å². The van der Waals surface area contributed by atoms with Gasteiger partial charge in [-0.3, -0.25) is 4.90 Å². The molecule has 2 N–H and O–H groups in total. The molecule has 0 aromatic heterocycles. The van der Waals surface area contributed by atoms with Crippen molar-refractivity contribution in [2.24, 2.45) is 5.73 Å². The topological polar surface area (TPSA) is 47.7 Å². The van der Waals surface area contributed by atoms with Crippen molar-refractivity contribution in [3.8, 4) is 0 Å². The van der Waals surface area contributed by atoms with E-state index in [2.05, 4.69) is 4.90 Å². The molecule has 2 saturated heterocycles. The zero-order valence-electron chi connectivity index (χ0n) is 10.5. The lowest BCUT2D eigenvalue weighted by Gasteiger charge is -2.38. The van der Waals surface area contributed by atoms with E-state index in [0.29, 0.717) is 30.9 Å². The van der Waals surface area contributed by atoms with Crippen LogP contribution in [-0.2, 0) is 9.47 Å². The first-order valence-corrected chi connectivity index (χ1v) is 7.08. The van der Waals surface area contributed by atoms with Crippen LogP contribution in [0.25, 0.3) is 0 Å². The summed E-state index contributed by atoms with van der Waals surface area (Å²) in [4.78, 5) is 2.60. The molecule has 2 aliphatic heterocycles. The van der Waals surface area contributed by atoms with Crippen LogP contribution >= 0.6 is 0 Å². The van der Waals surface area contributed by atoms with Crippen molar-refractivity contribution in [1.29, 1.82) is 0 Å². The Kier molecular flexibility index (Phi) is 3.66. The lowest BCUT2D eigenvalue weighted by Crippen LogP contribution is -2.51. The van der Waals surface area contributed by atoms with Gasteiger partial charge in [0.15, 0.2) is 0 Å². The quantitative estimate of drug-likeness (QED) is 0.790. The van der Waals surface area contributed by atoms with Gasteiger partial charge in [-0.15, -0.1) is 0 Å². The second-order valence-corrected chi connectivity index (χ2v) is 5.60. The molecule has 4 atom stereocenters. The molecule has 2 heterocycles. The number of fused-ring (bicyclic) bond motifs is 1. The number of nitrogens with two attached hydrogens (primary N) is 1. The van der Waals surface area contributed by atoms with E-state index in [1.54, 1.807) is 0 Å². The van der Waals surface area contributed by atoms with Gasteiger partial charge in [0, 0.05) is 25.7 Å². The lowest BCUT2D eigenvalue weighted by atomic mass is 10.1. The fourth-order valence-electron chi connectivity index (χ4n) is 3.58. The van der Waals surface area contributed by atoms with Gasteiger partial charge >= 0.3 is 0 Å². The first-order valence-electron chi connectivity index (χ1n) is 7.08. The molecule has 17 heavy (non-hydrogen) atoms. The van der Waals surface area contributed by atoms with Crippen LogP contribution in [-0.4, -0.2) is 55.5 Å². The van der Waals surface area contributed by atoms with Crippen molar-refractivity contribution in [2.45, 2.75) is 56.5 Å². The fourth-order valence-corrected chi connectivity index (χ4v) is 3.58. The molecule has 0 radical (unpaired) electrons. The van der Waals surface area contributed by atoms with Crippen LogP contribution in [0, 0.1) is 0 Å². The van der Waals surface area contributed by atoms with E-state index in [1.165, 1.54) is 25.7 Å². The third kappa shape index (κ3) is 2.50. The van der Waals surface area contributed by atoms with Gasteiger partial charge in [-0.1, -0.05) is 0 Å². The molecular formula is C13H24N2O2. The number of morpholine rings is 1. The highest BCUT2D eigenvalue weighted by atomic mass is 16.5. The van der Waals surface area contributed by atoms with Gasteiger partial charge in [-0.25, -0.2) is 0 Å². The molecule has 4 nitrogen and oxygen atoms in total. The molecule has 0 amide bonds. The van der Waals surface area contributed by atoms with Crippen molar-refractivity contribution in [3.63, 3.8) is 0 Å². The normalized spacial score (nSPS) is 42.9.